The van der Waals surface area contributed by atoms with Gasteiger partial charge in [-0.1, -0.05) is 24.3 Å². The lowest BCUT2D eigenvalue weighted by Crippen LogP contribution is -2.48. The second-order valence-electron chi connectivity index (χ2n) is 6.37. The highest BCUT2D eigenvalue weighted by atomic mass is 32.2. The molecule has 0 N–H and O–H groups in total. The fraction of sp³-hybridized carbons (Fsp3) is 0.350. The smallest absolute Gasteiger partial charge is 0.244 e. The predicted molar refractivity (Wildman–Crippen MR) is 103 cm³/mol. The standard InChI is InChI=1S/C20H23N3O3S/c1-2-26-19-9-7-17(8-10-19)16-22-11-13-23(14-12-22)27(24,25)20-6-4-3-5-18(20)15-21/h3-10H,2,11-14,16H2,1H3. The van der Waals surface area contributed by atoms with Crippen molar-refractivity contribution in [3.63, 3.8) is 0 Å². The number of ether oxygens (including phenoxy) is 1. The van der Waals surface area contributed by atoms with E-state index in [1.165, 1.54) is 22.0 Å². The van der Waals surface area contributed by atoms with Crippen LogP contribution in [-0.4, -0.2) is 50.4 Å². The van der Waals surface area contributed by atoms with E-state index in [0.717, 1.165) is 12.3 Å². The zero-order valence-corrected chi connectivity index (χ0v) is 16.2. The van der Waals surface area contributed by atoms with Crippen molar-refractivity contribution >= 4 is 10.0 Å². The van der Waals surface area contributed by atoms with E-state index < -0.39 is 10.0 Å². The van der Waals surface area contributed by atoms with E-state index in [1.807, 2.05) is 37.3 Å². The average Bonchev–Trinajstić information content (AvgIpc) is 2.70. The summed E-state index contributed by atoms with van der Waals surface area (Å²) in [6.45, 7) is 5.51. The Morgan fingerprint density at radius 1 is 1.04 bits per heavy atom. The number of hydrogen-bond donors (Lipinski definition) is 0. The summed E-state index contributed by atoms with van der Waals surface area (Å²) in [7, 11) is -3.65. The van der Waals surface area contributed by atoms with E-state index in [9.17, 15) is 13.7 Å². The topological polar surface area (TPSA) is 73.6 Å². The van der Waals surface area contributed by atoms with Crippen LogP contribution in [0.2, 0.25) is 0 Å². The second kappa shape index (κ2) is 8.53. The Balaban J connectivity index is 1.62. The Bertz CT molecular complexity index is 912. The molecule has 7 heteroatoms. The lowest BCUT2D eigenvalue weighted by atomic mass is 10.2. The van der Waals surface area contributed by atoms with Crippen LogP contribution < -0.4 is 4.74 Å². The van der Waals surface area contributed by atoms with Crippen LogP contribution >= 0.6 is 0 Å². The fourth-order valence-corrected chi connectivity index (χ4v) is 4.73. The molecule has 142 valence electrons. The Labute approximate surface area is 160 Å². The van der Waals surface area contributed by atoms with Gasteiger partial charge in [-0.05, 0) is 36.8 Å². The molecule has 0 aliphatic carbocycles. The third kappa shape index (κ3) is 4.48. The fourth-order valence-electron chi connectivity index (χ4n) is 3.17. The second-order valence-corrected chi connectivity index (χ2v) is 8.27. The van der Waals surface area contributed by atoms with Crippen LogP contribution in [-0.2, 0) is 16.6 Å². The Kier molecular flexibility index (Phi) is 6.11. The minimum atomic E-state index is -3.65. The van der Waals surface area contributed by atoms with E-state index in [2.05, 4.69) is 4.90 Å². The molecule has 0 saturated carbocycles. The van der Waals surface area contributed by atoms with Gasteiger partial charge in [-0.3, -0.25) is 4.90 Å². The van der Waals surface area contributed by atoms with Crippen molar-refractivity contribution in [3.8, 4) is 11.8 Å². The number of rotatable bonds is 6. The maximum absolute atomic E-state index is 12.9. The van der Waals surface area contributed by atoms with E-state index in [1.54, 1.807) is 12.1 Å². The quantitative estimate of drug-likeness (QED) is 0.764. The molecule has 1 aliphatic heterocycles. The van der Waals surface area contributed by atoms with Crippen molar-refractivity contribution in [2.75, 3.05) is 32.8 Å². The maximum Gasteiger partial charge on any atom is 0.244 e. The molecule has 3 rings (SSSR count). The first-order valence-corrected chi connectivity index (χ1v) is 10.4. The molecule has 0 bridgehead atoms. The minimum absolute atomic E-state index is 0.0902. The van der Waals surface area contributed by atoms with E-state index in [-0.39, 0.29) is 10.5 Å². The molecule has 2 aromatic carbocycles. The van der Waals surface area contributed by atoms with Crippen LogP contribution in [0.1, 0.15) is 18.1 Å². The lowest BCUT2D eigenvalue weighted by molar-refractivity contribution is 0.181. The third-order valence-electron chi connectivity index (χ3n) is 4.60. The highest BCUT2D eigenvalue weighted by Crippen LogP contribution is 2.22. The van der Waals surface area contributed by atoms with E-state index in [4.69, 9.17) is 4.74 Å². The Hall–Kier alpha value is -2.40. The zero-order chi connectivity index (χ0) is 19.3. The molecule has 0 unspecified atom stereocenters. The summed E-state index contributed by atoms with van der Waals surface area (Å²) in [6, 6.07) is 16.3. The van der Waals surface area contributed by atoms with Crippen molar-refractivity contribution in [3.05, 3.63) is 59.7 Å². The van der Waals surface area contributed by atoms with Crippen molar-refractivity contribution in [2.24, 2.45) is 0 Å². The minimum Gasteiger partial charge on any atom is -0.494 e. The monoisotopic (exact) mass is 385 g/mol. The predicted octanol–water partition coefficient (Wildman–Crippen LogP) is 2.46. The van der Waals surface area contributed by atoms with Gasteiger partial charge in [0.2, 0.25) is 10.0 Å². The highest BCUT2D eigenvalue weighted by Gasteiger charge is 2.30. The molecule has 1 heterocycles. The molecule has 0 atom stereocenters. The van der Waals surface area contributed by atoms with Crippen LogP contribution in [0, 0.1) is 11.3 Å². The first-order chi connectivity index (χ1) is 13.0. The number of nitriles is 1. The van der Waals surface area contributed by atoms with Crippen LogP contribution in [0.3, 0.4) is 0 Å². The van der Waals surface area contributed by atoms with Gasteiger partial charge >= 0.3 is 0 Å². The van der Waals surface area contributed by atoms with Crippen molar-refractivity contribution in [1.82, 2.24) is 9.21 Å². The number of nitrogens with zero attached hydrogens (tertiary/aromatic N) is 3. The lowest BCUT2D eigenvalue weighted by Gasteiger charge is -2.34. The molecule has 2 aromatic rings. The van der Waals surface area contributed by atoms with Crippen molar-refractivity contribution in [2.45, 2.75) is 18.4 Å². The van der Waals surface area contributed by atoms with Gasteiger partial charge in [-0.15, -0.1) is 0 Å². The molecule has 27 heavy (non-hydrogen) atoms. The van der Waals surface area contributed by atoms with Crippen molar-refractivity contribution < 1.29 is 13.2 Å². The highest BCUT2D eigenvalue weighted by molar-refractivity contribution is 7.89. The summed E-state index contributed by atoms with van der Waals surface area (Å²) in [6.07, 6.45) is 0. The molecule has 0 spiro atoms. The molecule has 1 aliphatic rings. The summed E-state index contributed by atoms with van der Waals surface area (Å²) in [5, 5.41) is 9.19. The molecular formula is C20H23N3O3S. The van der Waals surface area contributed by atoms with Gasteiger partial charge in [0.05, 0.1) is 17.1 Å². The maximum atomic E-state index is 12.9. The van der Waals surface area contributed by atoms with Crippen LogP contribution in [0.5, 0.6) is 5.75 Å². The van der Waals surface area contributed by atoms with Crippen molar-refractivity contribution in [1.29, 1.82) is 5.26 Å². The summed E-state index contributed by atoms with van der Waals surface area (Å²) in [4.78, 5) is 2.32. The third-order valence-corrected chi connectivity index (χ3v) is 6.55. The molecule has 0 radical (unpaired) electrons. The SMILES string of the molecule is CCOc1ccc(CN2CCN(S(=O)(=O)c3ccccc3C#N)CC2)cc1. The number of sulfonamides is 1. The molecule has 1 saturated heterocycles. The molecule has 0 amide bonds. The Morgan fingerprint density at radius 3 is 2.33 bits per heavy atom. The van der Waals surface area contributed by atoms with Crippen LogP contribution in [0.4, 0.5) is 0 Å². The van der Waals surface area contributed by atoms with Gasteiger partial charge in [0.25, 0.3) is 0 Å². The normalized spacial score (nSPS) is 16.0. The molecule has 0 aromatic heterocycles. The number of piperazine rings is 1. The summed E-state index contributed by atoms with van der Waals surface area (Å²) in [5.41, 5.74) is 1.36. The van der Waals surface area contributed by atoms with Crippen LogP contribution in [0.15, 0.2) is 53.4 Å². The molecule has 1 fully saturated rings. The van der Waals surface area contributed by atoms with Gasteiger partial charge in [0.1, 0.15) is 11.8 Å². The first-order valence-electron chi connectivity index (χ1n) is 8.98. The average molecular weight is 385 g/mol. The number of hydrogen-bond acceptors (Lipinski definition) is 5. The van der Waals surface area contributed by atoms with Gasteiger partial charge in [0.15, 0.2) is 0 Å². The summed E-state index contributed by atoms with van der Waals surface area (Å²) in [5.74, 6) is 0.855. The van der Waals surface area contributed by atoms with Gasteiger partial charge < -0.3 is 4.74 Å². The summed E-state index contributed by atoms with van der Waals surface area (Å²) < 4.78 is 32.7. The number of benzene rings is 2. The summed E-state index contributed by atoms with van der Waals surface area (Å²) >= 11 is 0. The zero-order valence-electron chi connectivity index (χ0n) is 15.3. The first kappa shape index (κ1) is 19.4. The Morgan fingerprint density at radius 2 is 1.70 bits per heavy atom. The molecular weight excluding hydrogens is 362 g/mol. The molecule has 6 nitrogen and oxygen atoms in total. The van der Waals surface area contributed by atoms with Crippen LogP contribution in [0.25, 0.3) is 0 Å². The van der Waals surface area contributed by atoms with E-state index in [0.29, 0.717) is 32.8 Å². The van der Waals surface area contributed by atoms with Gasteiger partial charge in [-0.2, -0.15) is 9.57 Å². The van der Waals surface area contributed by atoms with Gasteiger partial charge in [0, 0.05) is 32.7 Å². The van der Waals surface area contributed by atoms with Gasteiger partial charge in [-0.25, -0.2) is 8.42 Å². The van der Waals surface area contributed by atoms with E-state index >= 15 is 0 Å². The largest absolute Gasteiger partial charge is 0.494 e.